The number of hydrogen-bond acceptors (Lipinski definition) is 3. The van der Waals surface area contributed by atoms with Gasteiger partial charge in [-0.3, -0.25) is 4.79 Å². The number of carbonyl (C=O) groups is 1. The maximum atomic E-state index is 11.5. The second kappa shape index (κ2) is 4.43. The van der Waals surface area contributed by atoms with Crippen LogP contribution in [0.15, 0.2) is 24.3 Å². The van der Waals surface area contributed by atoms with E-state index in [2.05, 4.69) is 10.2 Å². The molecule has 4 nitrogen and oxygen atoms in total. The summed E-state index contributed by atoms with van der Waals surface area (Å²) in [5, 5.41) is 2.70. The van der Waals surface area contributed by atoms with Crippen LogP contribution in [0.1, 0.15) is 6.42 Å². The molecule has 1 heterocycles. The first-order valence-corrected chi connectivity index (χ1v) is 5.53. The highest BCUT2D eigenvalue weighted by atomic mass is 16.1. The number of hydrogen-bond donors (Lipinski definition) is 2. The Morgan fingerprint density at radius 2 is 2.25 bits per heavy atom. The minimum Gasteiger partial charge on any atom is -0.397 e. The van der Waals surface area contributed by atoms with Crippen molar-refractivity contribution in [2.45, 2.75) is 6.42 Å². The first kappa shape index (κ1) is 10.8. The van der Waals surface area contributed by atoms with E-state index in [0.29, 0.717) is 0 Å². The summed E-state index contributed by atoms with van der Waals surface area (Å²) in [6, 6.07) is 7.79. The average molecular weight is 219 g/mol. The number of nitrogen functional groups attached to an aromatic ring is 1. The number of anilines is 2. The molecule has 0 spiro atoms. The Morgan fingerprint density at radius 3 is 2.94 bits per heavy atom. The Kier molecular flexibility index (Phi) is 2.99. The molecule has 1 unspecified atom stereocenters. The normalized spacial score (nSPS) is 19.8. The summed E-state index contributed by atoms with van der Waals surface area (Å²) in [4.78, 5) is 13.7. The zero-order chi connectivity index (χ0) is 11.5. The summed E-state index contributed by atoms with van der Waals surface area (Å²) < 4.78 is 0. The van der Waals surface area contributed by atoms with Crippen LogP contribution < -0.4 is 16.0 Å². The second-order valence-electron chi connectivity index (χ2n) is 4.10. The van der Waals surface area contributed by atoms with Gasteiger partial charge in [-0.05, 0) is 18.6 Å². The molecule has 1 saturated heterocycles. The van der Waals surface area contributed by atoms with Gasteiger partial charge in [-0.15, -0.1) is 0 Å². The lowest BCUT2D eigenvalue weighted by molar-refractivity contribution is -0.123. The molecule has 4 heteroatoms. The Labute approximate surface area is 95.4 Å². The Morgan fingerprint density at radius 1 is 1.50 bits per heavy atom. The third-order valence-corrected chi connectivity index (χ3v) is 3.08. The van der Waals surface area contributed by atoms with Crippen LogP contribution in [0.3, 0.4) is 0 Å². The van der Waals surface area contributed by atoms with Crippen molar-refractivity contribution in [3.8, 4) is 0 Å². The van der Waals surface area contributed by atoms with E-state index in [9.17, 15) is 4.79 Å². The Hall–Kier alpha value is -1.71. The number of nitrogens with two attached hydrogens (primary N) is 1. The third kappa shape index (κ3) is 1.96. The van der Waals surface area contributed by atoms with Crippen molar-refractivity contribution in [3.63, 3.8) is 0 Å². The van der Waals surface area contributed by atoms with Crippen molar-refractivity contribution in [1.82, 2.24) is 5.32 Å². The molecule has 0 aliphatic carbocycles. The largest absolute Gasteiger partial charge is 0.397 e. The van der Waals surface area contributed by atoms with Crippen molar-refractivity contribution in [2.24, 2.45) is 5.92 Å². The number of nitrogens with one attached hydrogen (secondary N) is 1. The molecule has 1 fully saturated rings. The van der Waals surface area contributed by atoms with Crippen LogP contribution in [0, 0.1) is 5.92 Å². The highest BCUT2D eigenvalue weighted by molar-refractivity contribution is 5.80. The smallest absolute Gasteiger partial charge is 0.224 e. The lowest BCUT2D eigenvalue weighted by Gasteiger charge is -2.20. The maximum absolute atomic E-state index is 11.5. The fraction of sp³-hybridized carbons (Fsp3) is 0.417. The van der Waals surface area contributed by atoms with E-state index < -0.39 is 0 Å². The summed E-state index contributed by atoms with van der Waals surface area (Å²) in [5.41, 5.74) is 7.73. The minimum atomic E-state index is 0.0876. The number of amides is 1. The summed E-state index contributed by atoms with van der Waals surface area (Å²) in [5.74, 6) is 0.210. The van der Waals surface area contributed by atoms with Crippen LogP contribution in [0.4, 0.5) is 11.4 Å². The van der Waals surface area contributed by atoms with Crippen molar-refractivity contribution in [1.29, 1.82) is 0 Å². The maximum Gasteiger partial charge on any atom is 0.224 e. The van der Waals surface area contributed by atoms with Crippen molar-refractivity contribution in [2.75, 3.05) is 30.8 Å². The molecule has 86 valence electrons. The number of nitrogens with zero attached hydrogens (tertiary/aromatic N) is 1. The minimum absolute atomic E-state index is 0.0876. The summed E-state index contributed by atoms with van der Waals surface area (Å²) in [7, 11) is 1.68. The number of carbonyl (C=O) groups excluding carboxylic acids is 1. The predicted octanol–water partition coefficient (Wildman–Crippen LogP) is 0.841. The fourth-order valence-electron chi connectivity index (χ4n) is 2.17. The molecular formula is C12H17N3O. The molecule has 1 aromatic rings. The molecular weight excluding hydrogens is 202 g/mol. The quantitative estimate of drug-likeness (QED) is 0.725. The van der Waals surface area contributed by atoms with Crippen LogP contribution >= 0.6 is 0 Å². The standard InChI is InChI=1S/C12H17N3O/c1-14-12(16)9-6-7-15(8-9)11-5-3-2-4-10(11)13/h2-5,9H,6-8,13H2,1H3,(H,14,16). The van der Waals surface area contributed by atoms with Gasteiger partial charge in [0.05, 0.1) is 17.3 Å². The number of para-hydroxylation sites is 2. The predicted molar refractivity (Wildman–Crippen MR) is 65.2 cm³/mol. The molecule has 16 heavy (non-hydrogen) atoms. The molecule has 1 aliphatic rings. The summed E-state index contributed by atoms with van der Waals surface area (Å²) in [6.45, 7) is 1.65. The average Bonchev–Trinajstić information content (AvgIpc) is 2.78. The van der Waals surface area contributed by atoms with E-state index in [1.807, 2.05) is 24.3 Å². The molecule has 1 aromatic carbocycles. The Balaban J connectivity index is 2.09. The molecule has 0 bridgehead atoms. The topological polar surface area (TPSA) is 58.4 Å². The van der Waals surface area contributed by atoms with Gasteiger partial charge in [0.1, 0.15) is 0 Å². The lowest BCUT2D eigenvalue weighted by atomic mass is 10.1. The molecule has 3 N–H and O–H groups in total. The van der Waals surface area contributed by atoms with Gasteiger partial charge in [-0.1, -0.05) is 12.1 Å². The second-order valence-corrected chi connectivity index (χ2v) is 4.10. The molecule has 1 atom stereocenters. The van der Waals surface area contributed by atoms with E-state index in [1.54, 1.807) is 7.05 Å². The summed E-state index contributed by atoms with van der Waals surface area (Å²) in [6.07, 6.45) is 0.897. The monoisotopic (exact) mass is 219 g/mol. The van der Waals surface area contributed by atoms with E-state index >= 15 is 0 Å². The van der Waals surface area contributed by atoms with Gasteiger partial charge >= 0.3 is 0 Å². The first-order chi connectivity index (χ1) is 7.72. The molecule has 1 amide bonds. The fourth-order valence-corrected chi connectivity index (χ4v) is 2.17. The van der Waals surface area contributed by atoms with Crippen LogP contribution in [-0.2, 0) is 4.79 Å². The van der Waals surface area contributed by atoms with E-state index in [-0.39, 0.29) is 11.8 Å². The molecule has 0 saturated carbocycles. The van der Waals surface area contributed by atoms with Crippen LogP contribution in [-0.4, -0.2) is 26.0 Å². The van der Waals surface area contributed by atoms with Gasteiger partial charge in [0.25, 0.3) is 0 Å². The molecule has 0 radical (unpaired) electrons. The zero-order valence-electron chi connectivity index (χ0n) is 9.44. The highest BCUT2D eigenvalue weighted by Gasteiger charge is 2.28. The van der Waals surface area contributed by atoms with Gasteiger partial charge < -0.3 is 16.0 Å². The molecule has 2 rings (SSSR count). The van der Waals surface area contributed by atoms with Crippen LogP contribution in [0.2, 0.25) is 0 Å². The van der Waals surface area contributed by atoms with Gasteiger partial charge in [-0.25, -0.2) is 0 Å². The highest BCUT2D eigenvalue weighted by Crippen LogP contribution is 2.28. The lowest BCUT2D eigenvalue weighted by Crippen LogP contribution is -2.30. The zero-order valence-corrected chi connectivity index (χ0v) is 9.44. The van der Waals surface area contributed by atoms with E-state index in [1.165, 1.54) is 0 Å². The van der Waals surface area contributed by atoms with E-state index in [0.717, 1.165) is 30.9 Å². The summed E-state index contributed by atoms with van der Waals surface area (Å²) >= 11 is 0. The van der Waals surface area contributed by atoms with Crippen molar-refractivity contribution >= 4 is 17.3 Å². The number of rotatable bonds is 2. The van der Waals surface area contributed by atoms with Gasteiger partial charge in [-0.2, -0.15) is 0 Å². The van der Waals surface area contributed by atoms with E-state index in [4.69, 9.17) is 5.73 Å². The molecule has 0 aromatic heterocycles. The van der Waals surface area contributed by atoms with Gasteiger partial charge in [0.2, 0.25) is 5.91 Å². The van der Waals surface area contributed by atoms with Crippen LogP contribution in [0.25, 0.3) is 0 Å². The van der Waals surface area contributed by atoms with Gasteiger partial charge in [0.15, 0.2) is 0 Å². The first-order valence-electron chi connectivity index (χ1n) is 5.53. The SMILES string of the molecule is CNC(=O)C1CCN(c2ccccc2N)C1. The van der Waals surface area contributed by atoms with Crippen molar-refractivity contribution in [3.05, 3.63) is 24.3 Å². The van der Waals surface area contributed by atoms with Crippen LogP contribution in [0.5, 0.6) is 0 Å². The van der Waals surface area contributed by atoms with Crippen molar-refractivity contribution < 1.29 is 4.79 Å². The third-order valence-electron chi connectivity index (χ3n) is 3.08. The number of benzene rings is 1. The van der Waals surface area contributed by atoms with Gasteiger partial charge in [0, 0.05) is 20.1 Å². The Bertz CT molecular complexity index is 392. The molecule has 1 aliphatic heterocycles.